The van der Waals surface area contributed by atoms with Gasteiger partial charge >= 0.3 is 0 Å². The second-order valence-electron chi connectivity index (χ2n) is 5.44. The lowest BCUT2D eigenvalue weighted by Gasteiger charge is -2.08. The van der Waals surface area contributed by atoms with Crippen LogP contribution in [0, 0.1) is 13.8 Å². The highest BCUT2D eigenvalue weighted by Crippen LogP contribution is 2.32. The first-order valence-electron chi connectivity index (χ1n) is 7.44. The van der Waals surface area contributed by atoms with Crippen LogP contribution in [0.2, 0.25) is 0 Å². The van der Waals surface area contributed by atoms with Crippen LogP contribution in [0.1, 0.15) is 17.0 Å². The van der Waals surface area contributed by atoms with E-state index < -0.39 is 22.5 Å². The highest BCUT2D eigenvalue weighted by Gasteiger charge is 2.24. The number of fused-ring (bicyclic) bond motifs is 1. The van der Waals surface area contributed by atoms with Gasteiger partial charge in [0.15, 0.2) is 17.3 Å². The van der Waals surface area contributed by atoms with Crippen LogP contribution in [0.15, 0.2) is 27.6 Å². The van der Waals surface area contributed by atoms with Gasteiger partial charge in [0, 0.05) is 6.54 Å². The minimum atomic E-state index is -3.87. The van der Waals surface area contributed by atoms with Crippen LogP contribution in [-0.4, -0.2) is 32.8 Å². The topological polar surface area (TPSA) is 120 Å². The molecule has 0 radical (unpaired) electrons. The minimum Gasteiger partial charge on any atom is -0.454 e. The molecule has 10 heteroatoms. The van der Waals surface area contributed by atoms with E-state index in [9.17, 15) is 13.2 Å². The van der Waals surface area contributed by atoms with Crippen molar-refractivity contribution >= 4 is 15.9 Å². The number of ether oxygens (including phenoxy) is 2. The molecule has 2 heterocycles. The Balaban J connectivity index is 1.55. The Morgan fingerprint density at radius 3 is 2.72 bits per heavy atom. The molecule has 1 aromatic heterocycles. The third-order valence-corrected chi connectivity index (χ3v) is 5.23. The van der Waals surface area contributed by atoms with E-state index in [1.165, 1.54) is 13.8 Å². The molecule has 0 spiro atoms. The number of nitrogens with zero attached hydrogens (tertiary/aromatic N) is 1. The lowest BCUT2D eigenvalue weighted by molar-refractivity contribution is -0.120. The number of aryl methyl sites for hydroxylation is 2. The summed E-state index contributed by atoms with van der Waals surface area (Å²) in [4.78, 5) is 11.9. The van der Waals surface area contributed by atoms with Gasteiger partial charge in [-0.15, -0.1) is 0 Å². The average Bonchev–Trinajstić information content (AvgIpc) is 3.17. The Morgan fingerprint density at radius 2 is 2.00 bits per heavy atom. The number of hydrogen-bond acceptors (Lipinski definition) is 7. The van der Waals surface area contributed by atoms with Crippen molar-refractivity contribution in [1.82, 2.24) is 15.2 Å². The van der Waals surface area contributed by atoms with Gasteiger partial charge in [0.05, 0.1) is 6.54 Å². The third kappa shape index (κ3) is 3.74. The molecule has 0 fully saturated rings. The summed E-state index contributed by atoms with van der Waals surface area (Å²) in [7, 11) is -3.87. The number of sulfonamides is 1. The van der Waals surface area contributed by atoms with Gasteiger partial charge in [0.25, 0.3) is 0 Å². The summed E-state index contributed by atoms with van der Waals surface area (Å²) in [5.74, 6) is 0.979. The van der Waals surface area contributed by atoms with Crippen LogP contribution in [0.5, 0.6) is 11.5 Å². The molecule has 2 aromatic rings. The summed E-state index contributed by atoms with van der Waals surface area (Å²) in [6, 6.07) is 5.31. The van der Waals surface area contributed by atoms with Gasteiger partial charge in [-0.3, -0.25) is 4.79 Å². The number of rotatable bonds is 6. The van der Waals surface area contributed by atoms with Crippen LogP contribution in [-0.2, 0) is 21.4 Å². The van der Waals surface area contributed by atoms with E-state index in [0.29, 0.717) is 11.5 Å². The summed E-state index contributed by atoms with van der Waals surface area (Å²) in [6.45, 7) is 3.03. The number of benzene rings is 1. The van der Waals surface area contributed by atoms with E-state index >= 15 is 0 Å². The van der Waals surface area contributed by atoms with Gasteiger partial charge in [-0.25, -0.2) is 13.1 Å². The molecule has 25 heavy (non-hydrogen) atoms. The fraction of sp³-hybridized carbons (Fsp3) is 0.333. The smallest absolute Gasteiger partial charge is 0.246 e. The summed E-state index contributed by atoms with van der Waals surface area (Å²) < 4.78 is 42.0. The van der Waals surface area contributed by atoms with E-state index in [1.807, 2.05) is 0 Å². The second kappa shape index (κ2) is 6.73. The van der Waals surface area contributed by atoms with Crippen molar-refractivity contribution in [3.63, 3.8) is 0 Å². The largest absolute Gasteiger partial charge is 0.454 e. The zero-order chi connectivity index (χ0) is 18.0. The number of carbonyl (C=O) groups is 1. The first-order valence-corrected chi connectivity index (χ1v) is 8.93. The predicted molar refractivity (Wildman–Crippen MR) is 85.6 cm³/mol. The molecule has 1 aliphatic rings. The van der Waals surface area contributed by atoms with Crippen molar-refractivity contribution in [2.75, 3.05) is 13.3 Å². The summed E-state index contributed by atoms with van der Waals surface area (Å²) >= 11 is 0. The Morgan fingerprint density at radius 1 is 1.24 bits per heavy atom. The van der Waals surface area contributed by atoms with E-state index in [1.54, 1.807) is 18.2 Å². The minimum absolute atomic E-state index is 0.0453. The molecule has 1 amide bonds. The molecule has 2 N–H and O–H groups in total. The number of amides is 1. The predicted octanol–water partition coefficient (Wildman–Crippen LogP) is 0.615. The number of aromatic nitrogens is 1. The van der Waals surface area contributed by atoms with Crippen molar-refractivity contribution < 1.29 is 27.2 Å². The Hall–Kier alpha value is -2.59. The normalized spacial score (nSPS) is 13.0. The molecule has 0 aliphatic carbocycles. The molecule has 0 unspecified atom stereocenters. The first-order chi connectivity index (χ1) is 11.9. The molecule has 0 atom stereocenters. The van der Waals surface area contributed by atoms with E-state index in [-0.39, 0.29) is 29.7 Å². The average molecular weight is 367 g/mol. The fourth-order valence-corrected chi connectivity index (χ4v) is 3.71. The fourth-order valence-electron chi connectivity index (χ4n) is 2.41. The molecule has 0 saturated carbocycles. The van der Waals surface area contributed by atoms with Crippen LogP contribution in [0.25, 0.3) is 0 Å². The van der Waals surface area contributed by atoms with Crippen molar-refractivity contribution in [2.24, 2.45) is 0 Å². The molecule has 9 nitrogen and oxygen atoms in total. The molecule has 3 rings (SSSR count). The number of nitrogens with one attached hydrogen (secondary N) is 2. The van der Waals surface area contributed by atoms with Crippen LogP contribution in [0.4, 0.5) is 0 Å². The molecular weight excluding hydrogens is 350 g/mol. The van der Waals surface area contributed by atoms with Crippen molar-refractivity contribution in [3.05, 3.63) is 35.2 Å². The molecule has 0 bridgehead atoms. The van der Waals surface area contributed by atoms with Gasteiger partial charge < -0.3 is 19.3 Å². The van der Waals surface area contributed by atoms with Gasteiger partial charge in [0.1, 0.15) is 10.6 Å². The Bertz CT molecular complexity index is 886. The second-order valence-corrected chi connectivity index (χ2v) is 7.15. The van der Waals surface area contributed by atoms with E-state index in [2.05, 4.69) is 15.2 Å². The molecule has 134 valence electrons. The van der Waals surface area contributed by atoms with Crippen molar-refractivity contribution in [3.8, 4) is 11.5 Å². The zero-order valence-electron chi connectivity index (χ0n) is 13.7. The van der Waals surface area contributed by atoms with Crippen LogP contribution < -0.4 is 19.5 Å². The van der Waals surface area contributed by atoms with Crippen LogP contribution >= 0.6 is 0 Å². The van der Waals surface area contributed by atoms with Gasteiger partial charge in [0.2, 0.25) is 22.7 Å². The monoisotopic (exact) mass is 367 g/mol. The lowest BCUT2D eigenvalue weighted by Crippen LogP contribution is -2.36. The molecular formula is C15H17N3O6S. The summed E-state index contributed by atoms with van der Waals surface area (Å²) in [6.07, 6.45) is 0. The third-order valence-electron chi connectivity index (χ3n) is 3.59. The molecule has 1 aromatic carbocycles. The lowest BCUT2D eigenvalue weighted by atomic mass is 10.2. The quantitative estimate of drug-likeness (QED) is 0.768. The zero-order valence-corrected chi connectivity index (χ0v) is 14.5. The van der Waals surface area contributed by atoms with E-state index in [0.717, 1.165) is 5.56 Å². The van der Waals surface area contributed by atoms with Crippen molar-refractivity contribution in [1.29, 1.82) is 0 Å². The molecule has 0 saturated heterocycles. The highest BCUT2D eigenvalue weighted by atomic mass is 32.2. The standard InChI is InChI=1S/C15H17N3O6S/c1-9-15(10(2)24-18-9)25(20,21)17-7-14(19)16-6-11-3-4-12-13(5-11)23-8-22-12/h3-5,17H,6-8H2,1-2H3,(H,16,19). The maximum absolute atomic E-state index is 12.2. The first kappa shape index (κ1) is 17.2. The Kier molecular flexibility index (Phi) is 4.64. The maximum atomic E-state index is 12.2. The van der Waals surface area contributed by atoms with Gasteiger partial charge in [-0.05, 0) is 31.5 Å². The van der Waals surface area contributed by atoms with Gasteiger partial charge in [-0.2, -0.15) is 0 Å². The van der Waals surface area contributed by atoms with E-state index in [4.69, 9.17) is 14.0 Å². The summed E-state index contributed by atoms with van der Waals surface area (Å²) in [5, 5.41) is 6.23. The molecule has 1 aliphatic heterocycles. The number of carbonyl (C=O) groups excluding carboxylic acids is 1. The van der Waals surface area contributed by atoms with Crippen molar-refractivity contribution in [2.45, 2.75) is 25.3 Å². The summed E-state index contributed by atoms with van der Waals surface area (Å²) in [5.41, 5.74) is 1.05. The Labute approximate surface area is 144 Å². The number of hydrogen-bond donors (Lipinski definition) is 2. The van der Waals surface area contributed by atoms with Crippen LogP contribution in [0.3, 0.4) is 0 Å². The SMILES string of the molecule is Cc1noc(C)c1S(=O)(=O)NCC(=O)NCc1ccc2c(c1)OCO2. The highest BCUT2D eigenvalue weighted by molar-refractivity contribution is 7.89. The van der Waals surface area contributed by atoms with Gasteiger partial charge in [-0.1, -0.05) is 11.2 Å². The maximum Gasteiger partial charge on any atom is 0.246 e.